The number of imidazole rings is 1. The summed E-state index contributed by atoms with van der Waals surface area (Å²) in [5, 5.41) is 13.7. The van der Waals surface area contributed by atoms with Crippen LogP contribution in [0.3, 0.4) is 0 Å². The van der Waals surface area contributed by atoms with Crippen molar-refractivity contribution in [1.29, 1.82) is 0 Å². The maximum atomic E-state index is 12.6. The van der Waals surface area contributed by atoms with Crippen LogP contribution in [0.15, 0.2) is 72.8 Å². The Hall–Kier alpha value is -4.08. The van der Waals surface area contributed by atoms with E-state index in [1.54, 1.807) is 0 Å². The third kappa shape index (κ3) is 5.68. The Morgan fingerprint density at radius 2 is 1.62 bits per heavy atom. The zero-order chi connectivity index (χ0) is 25.8. The van der Waals surface area contributed by atoms with Gasteiger partial charge in [-0.2, -0.15) is 0 Å². The molecule has 0 radical (unpaired) electrons. The number of benzene rings is 3. The van der Waals surface area contributed by atoms with Gasteiger partial charge in [-0.15, -0.1) is 0 Å². The molecule has 1 aromatic heterocycles. The maximum Gasteiger partial charge on any atom is 0.269 e. The van der Waals surface area contributed by atoms with E-state index in [4.69, 9.17) is 4.98 Å². The number of rotatable bonds is 8. The molecular weight excluding hydrogens is 468 g/mol. The molecule has 9 nitrogen and oxygen atoms in total. The minimum absolute atomic E-state index is 0.0480. The van der Waals surface area contributed by atoms with E-state index in [1.165, 1.54) is 29.8 Å². The van der Waals surface area contributed by atoms with Gasteiger partial charge in [0.1, 0.15) is 5.82 Å². The number of aromatic nitrogens is 2. The van der Waals surface area contributed by atoms with Crippen LogP contribution in [0.25, 0.3) is 11.0 Å². The first-order valence-corrected chi connectivity index (χ1v) is 12.5. The van der Waals surface area contributed by atoms with Gasteiger partial charge in [0.15, 0.2) is 0 Å². The van der Waals surface area contributed by atoms with Crippen molar-refractivity contribution in [2.24, 2.45) is 0 Å². The van der Waals surface area contributed by atoms with E-state index < -0.39 is 4.92 Å². The number of anilines is 1. The summed E-state index contributed by atoms with van der Waals surface area (Å²) in [5.41, 5.74) is 4.16. The minimum atomic E-state index is -0.484. The Kier molecular flexibility index (Phi) is 7.25. The molecule has 0 spiro atoms. The van der Waals surface area contributed by atoms with E-state index in [2.05, 4.69) is 56.9 Å². The smallest absolute Gasteiger partial charge is 0.269 e. The van der Waals surface area contributed by atoms with Crippen LogP contribution in [0.2, 0.25) is 0 Å². The highest BCUT2D eigenvalue weighted by Crippen LogP contribution is 2.23. The third-order valence-electron chi connectivity index (χ3n) is 6.82. The number of fused-ring (bicyclic) bond motifs is 1. The molecule has 3 aromatic carbocycles. The number of nitrogens with zero attached hydrogens (tertiary/aromatic N) is 5. The van der Waals surface area contributed by atoms with E-state index in [0.29, 0.717) is 11.3 Å². The number of nitro benzene ring substituents is 1. The molecule has 1 aliphatic heterocycles. The summed E-state index contributed by atoms with van der Waals surface area (Å²) in [6, 6.07) is 21.9. The first kappa shape index (κ1) is 24.6. The van der Waals surface area contributed by atoms with Crippen molar-refractivity contribution in [2.75, 3.05) is 31.5 Å². The number of non-ortho nitro benzene ring substituents is 1. The molecule has 4 aromatic rings. The van der Waals surface area contributed by atoms with Crippen molar-refractivity contribution in [3.63, 3.8) is 0 Å². The molecule has 9 heteroatoms. The lowest BCUT2D eigenvalue weighted by molar-refractivity contribution is -0.384. The van der Waals surface area contributed by atoms with E-state index >= 15 is 0 Å². The SMILES string of the molecule is CCn1c(CN2CCN(Cc3ccccc3)CC2)nc2cc(NC(=O)c3ccc([N+](=O)[O-])cc3)ccc21. The highest BCUT2D eigenvalue weighted by Gasteiger charge is 2.20. The van der Waals surface area contributed by atoms with Gasteiger partial charge in [0, 0.05) is 62.7 Å². The minimum Gasteiger partial charge on any atom is -0.327 e. The largest absolute Gasteiger partial charge is 0.327 e. The summed E-state index contributed by atoms with van der Waals surface area (Å²) in [4.78, 5) is 32.9. The standard InChI is InChI=1S/C28H30N6O3/c1-2-33-26-13-10-23(29-28(35)22-8-11-24(12-9-22)34(36)37)18-25(26)30-27(33)20-32-16-14-31(15-17-32)19-21-6-4-3-5-7-21/h3-13,18H,2,14-17,19-20H2,1H3,(H,29,35). The molecule has 0 saturated carbocycles. The molecule has 0 bridgehead atoms. The number of nitrogens with one attached hydrogen (secondary N) is 1. The highest BCUT2D eigenvalue weighted by atomic mass is 16.6. The topological polar surface area (TPSA) is 96.5 Å². The summed E-state index contributed by atoms with van der Waals surface area (Å²) < 4.78 is 2.23. The summed E-state index contributed by atoms with van der Waals surface area (Å²) >= 11 is 0. The van der Waals surface area contributed by atoms with Crippen LogP contribution in [0, 0.1) is 10.1 Å². The van der Waals surface area contributed by atoms with Gasteiger partial charge in [0.2, 0.25) is 0 Å². The third-order valence-corrected chi connectivity index (χ3v) is 6.82. The Bertz CT molecular complexity index is 1390. The maximum absolute atomic E-state index is 12.6. The first-order chi connectivity index (χ1) is 18.0. The number of carbonyl (C=O) groups excluding carboxylic acids is 1. The van der Waals surface area contributed by atoms with Crippen LogP contribution < -0.4 is 5.32 Å². The van der Waals surface area contributed by atoms with Crippen LogP contribution >= 0.6 is 0 Å². The second-order valence-electron chi connectivity index (χ2n) is 9.27. The van der Waals surface area contributed by atoms with Gasteiger partial charge in [0.25, 0.3) is 11.6 Å². The fourth-order valence-corrected chi connectivity index (χ4v) is 4.82. The van der Waals surface area contributed by atoms with Gasteiger partial charge < -0.3 is 9.88 Å². The Morgan fingerprint density at radius 1 is 0.946 bits per heavy atom. The number of amides is 1. The van der Waals surface area contributed by atoms with E-state index in [9.17, 15) is 14.9 Å². The van der Waals surface area contributed by atoms with Crippen molar-refractivity contribution in [1.82, 2.24) is 19.4 Å². The van der Waals surface area contributed by atoms with Gasteiger partial charge in [-0.25, -0.2) is 4.98 Å². The zero-order valence-electron chi connectivity index (χ0n) is 20.8. The van der Waals surface area contributed by atoms with E-state index in [-0.39, 0.29) is 11.6 Å². The molecular formula is C28H30N6O3. The number of hydrogen-bond acceptors (Lipinski definition) is 6. The predicted molar refractivity (Wildman–Crippen MR) is 143 cm³/mol. The molecule has 0 aliphatic carbocycles. The van der Waals surface area contributed by atoms with Crippen LogP contribution in [0.1, 0.15) is 28.7 Å². The average Bonchev–Trinajstić information content (AvgIpc) is 3.26. The molecule has 5 rings (SSSR count). The molecule has 0 atom stereocenters. The number of nitro groups is 1. The van der Waals surface area contributed by atoms with Crippen molar-refractivity contribution >= 4 is 28.3 Å². The van der Waals surface area contributed by atoms with Crippen molar-refractivity contribution in [2.45, 2.75) is 26.6 Å². The number of aryl methyl sites for hydroxylation is 1. The fraction of sp³-hybridized carbons (Fsp3) is 0.286. The number of piperazine rings is 1. The fourth-order valence-electron chi connectivity index (χ4n) is 4.82. The lowest BCUT2D eigenvalue weighted by atomic mass is 10.2. The lowest BCUT2D eigenvalue weighted by Gasteiger charge is -2.34. The summed E-state index contributed by atoms with van der Waals surface area (Å²) in [7, 11) is 0. The quantitative estimate of drug-likeness (QED) is 0.283. The monoisotopic (exact) mass is 498 g/mol. The number of carbonyl (C=O) groups is 1. The van der Waals surface area contributed by atoms with E-state index in [0.717, 1.165) is 62.7 Å². The van der Waals surface area contributed by atoms with Gasteiger partial charge in [0.05, 0.1) is 22.5 Å². The van der Waals surface area contributed by atoms with Crippen LogP contribution in [-0.2, 0) is 19.6 Å². The lowest BCUT2D eigenvalue weighted by Crippen LogP contribution is -2.45. The Labute approximate surface area is 215 Å². The van der Waals surface area contributed by atoms with Crippen LogP contribution in [0.5, 0.6) is 0 Å². The second-order valence-corrected chi connectivity index (χ2v) is 9.27. The second kappa shape index (κ2) is 10.9. The van der Waals surface area contributed by atoms with Crippen molar-refractivity contribution in [3.05, 3.63) is 99.9 Å². The normalized spacial score (nSPS) is 14.6. The number of hydrogen-bond donors (Lipinski definition) is 1. The van der Waals surface area contributed by atoms with Gasteiger partial charge in [-0.1, -0.05) is 30.3 Å². The molecule has 1 fully saturated rings. The molecule has 2 heterocycles. The molecule has 1 N–H and O–H groups in total. The molecule has 190 valence electrons. The van der Waals surface area contributed by atoms with Gasteiger partial charge in [-0.05, 0) is 42.8 Å². The molecule has 0 unspecified atom stereocenters. The van der Waals surface area contributed by atoms with Crippen LogP contribution in [0.4, 0.5) is 11.4 Å². The van der Waals surface area contributed by atoms with Crippen LogP contribution in [-0.4, -0.2) is 56.4 Å². The summed E-state index contributed by atoms with van der Waals surface area (Å²) in [6.07, 6.45) is 0. The summed E-state index contributed by atoms with van der Waals surface area (Å²) in [6.45, 7) is 8.75. The highest BCUT2D eigenvalue weighted by molar-refractivity contribution is 6.05. The molecule has 1 amide bonds. The zero-order valence-corrected chi connectivity index (χ0v) is 20.8. The van der Waals surface area contributed by atoms with Crippen molar-refractivity contribution < 1.29 is 9.72 Å². The van der Waals surface area contributed by atoms with Gasteiger partial charge >= 0.3 is 0 Å². The van der Waals surface area contributed by atoms with E-state index in [1.807, 2.05) is 18.2 Å². The summed E-state index contributed by atoms with van der Waals surface area (Å²) in [5.74, 6) is 0.700. The van der Waals surface area contributed by atoms with Gasteiger partial charge in [-0.3, -0.25) is 24.7 Å². The van der Waals surface area contributed by atoms with Crippen molar-refractivity contribution in [3.8, 4) is 0 Å². The Balaban J connectivity index is 1.24. The molecule has 37 heavy (non-hydrogen) atoms. The first-order valence-electron chi connectivity index (χ1n) is 12.5. The Morgan fingerprint density at radius 3 is 2.27 bits per heavy atom. The predicted octanol–water partition coefficient (Wildman–Crippen LogP) is 4.53. The molecule has 1 aliphatic rings. The molecule has 1 saturated heterocycles. The average molecular weight is 499 g/mol.